The first-order valence-corrected chi connectivity index (χ1v) is 8.91. The first-order chi connectivity index (χ1) is 13.1. The second kappa shape index (κ2) is 8.03. The molecular formula is C23H22ClFN2O. The van der Waals surface area contributed by atoms with Gasteiger partial charge in [0.25, 0.3) is 0 Å². The van der Waals surface area contributed by atoms with Crippen LogP contribution >= 0.6 is 12.4 Å². The fourth-order valence-electron chi connectivity index (χ4n) is 3.56. The Kier molecular flexibility index (Phi) is 5.71. The smallest absolute Gasteiger partial charge is 0.123 e. The number of halogens is 2. The van der Waals surface area contributed by atoms with Gasteiger partial charge in [0.05, 0.1) is 18.1 Å². The highest BCUT2D eigenvalue weighted by atomic mass is 35.5. The molecule has 0 unspecified atom stereocenters. The van der Waals surface area contributed by atoms with Gasteiger partial charge in [-0.2, -0.15) is 0 Å². The lowest BCUT2D eigenvalue weighted by Crippen LogP contribution is -2.03. The first-order valence-electron chi connectivity index (χ1n) is 8.91. The van der Waals surface area contributed by atoms with Gasteiger partial charge in [0.15, 0.2) is 0 Å². The van der Waals surface area contributed by atoms with E-state index >= 15 is 0 Å². The molecule has 0 amide bonds. The number of hydrogen-bond donors (Lipinski definition) is 0. The Balaban J connectivity index is 0.00000225. The van der Waals surface area contributed by atoms with Crippen molar-refractivity contribution in [3.63, 3.8) is 0 Å². The summed E-state index contributed by atoms with van der Waals surface area (Å²) in [6.45, 7) is 4.93. The van der Waals surface area contributed by atoms with Crippen LogP contribution in [-0.2, 0) is 6.54 Å². The summed E-state index contributed by atoms with van der Waals surface area (Å²) >= 11 is 0. The number of rotatable bonds is 4. The molecule has 2 aromatic heterocycles. The second-order valence-electron chi connectivity index (χ2n) is 6.71. The van der Waals surface area contributed by atoms with Gasteiger partial charge in [0.2, 0.25) is 0 Å². The van der Waals surface area contributed by atoms with E-state index in [0.29, 0.717) is 6.54 Å². The summed E-state index contributed by atoms with van der Waals surface area (Å²) in [5.41, 5.74) is 7.58. The van der Waals surface area contributed by atoms with Crippen LogP contribution in [0.3, 0.4) is 0 Å². The summed E-state index contributed by atoms with van der Waals surface area (Å²) in [6.07, 6.45) is 1.82. The number of ether oxygens (including phenoxy) is 1. The van der Waals surface area contributed by atoms with Crippen molar-refractivity contribution in [2.75, 3.05) is 7.11 Å². The Morgan fingerprint density at radius 2 is 1.79 bits per heavy atom. The van der Waals surface area contributed by atoms with Gasteiger partial charge in [0.1, 0.15) is 11.6 Å². The average Bonchev–Trinajstić information content (AvgIpc) is 2.94. The van der Waals surface area contributed by atoms with Crippen molar-refractivity contribution < 1.29 is 9.13 Å². The monoisotopic (exact) mass is 396 g/mol. The van der Waals surface area contributed by atoms with Crippen LogP contribution in [0.2, 0.25) is 0 Å². The highest BCUT2D eigenvalue weighted by molar-refractivity contribution is 5.95. The zero-order chi connectivity index (χ0) is 19.0. The van der Waals surface area contributed by atoms with Crippen molar-refractivity contribution in [1.82, 2.24) is 9.55 Å². The van der Waals surface area contributed by atoms with E-state index in [1.807, 2.05) is 36.5 Å². The summed E-state index contributed by atoms with van der Waals surface area (Å²) in [5.74, 6) is 0.610. The Labute approximate surface area is 170 Å². The molecule has 0 spiro atoms. The highest BCUT2D eigenvalue weighted by Crippen LogP contribution is 2.33. The van der Waals surface area contributed by atoms with E-state index in [1.165, 1.54) is 17.8 Å². The molecule has 0 radical (unpaired) electrons. The summed E-state index contributed by atoms with van der Waals surface area (Å²) in [5, 5.41) is 0. The summed E-state index contributed by atoms with van der Waals surface area (Å²) in [7, 11) is 1.68. The maximum Gasteiger partial charge on any atom is 0.123 e. The molecule has 0 saturated heterocycles. The maximum atomic E-state index is 13.4. The fraction of sp³-hybridized carbons (Fsp3) is 0.174. The third kappa shape index (κ3) is 3.48. The van der Waals surface area contributed by atoms with E-state index in [2.05, 4.69) is 35.5 Å². The van der Waals surface area contributed by atoms with Gasteiger partial charge in [-0.1, -0.05) is 24.3 Å². The van der Waals surface area contributed by atoms with E-state index in [-0.39, 0.29) is 18.2 Å². The van der Waals surface area contributed by atoms with Gasteiger partial charge in [-0.05, 0) is 60.9 Å². The lowest BCUT2D eigenvalue weighted by molar-refractivity contribution is 0.414. The molecule has 4 aromatic rings. The minimum Gasteiger partial charge on any atom is -0.497 e. The Morgan fingerprint density at radius 3 is 2.50 bits per heavy atom. The summed E-state index contributed by atoms with van der Waals surface area (Å²) in [6, 6.07) is 16.7. The molecule has 144 valence electrons. The number of benzene rings is 2. The predicted molar refractivity (Wildman–Crippen MR) is 114 cm³/mol. The van der Waals surface area contributed by atoms with Crippen LogP contribution in [0, 0.1) is 19.7 Å². The zero-order valence-corrected chi connectivity index (χ0v) is 16.9. The van der Waals surface area contributed by atoms with Gasteiger partial charge in [0, 0.05) is 24.0 Å². The van der Waals surface area contributed by atoms with Crippen LogP contribution in [0.1, 0.15) is 16.8 Å². The van der Waals surface area contributed by atoms with Gasteiger partial charge in [-0.3, -0.25) is 4.98 Å². The average molecular weight is 397 g/mol. The molecule has 0 aliphatic rings. The lowest BCUT2D eigenvalue weighted by Gasteiger charge is -2.13. The normalized spacial score (nSPS) is 10.7. The molecule has 28 heavy (non-hydrogen) atoms. The minimum absolute atomic E-state index is 0. The molecule has 0 N–H and O–H groups in total. The lowest BCUT2D eigenvalue weighted by atomic mass is 10.0. The molecule has 0 saturated carbocycles. The number of pyridine rings is 1. The minimum atomic E-state index is -0.233. The van der Waals surface area contributed by atoms with Crippen molar-refractivity contribution >= 4 is 23.4 Å². The van der Waals surface area contributed by atoms with Gasteiger partial charge >= 0.3 is 0 Å². The fourth-order valence-corrected chi connectivity index (χ4v) is 3.56. The number of aryl methyl sites for hydroxylation is 1. The molecule has 0 aliphatic carbocycles. The van der Waals surface area contributed by atoms with Crippen LogP contribution in [0.4, 0.5) is 4.39 Å². The van der Waals surface area contributed by atoms with Crippen molar-refractivity contribution in [2.24, 2.45) is 0 Å². The maximum absolute atomic E-state index is 13.4. The number of nitrogens with zero attached hydrogens (tertiary/aromatic N) is 2. The van der Waals surface area contributed by atoms with Crippen molar-refractivity contribution in [2.45, 2.75) is 20.4 Å². The SMILES string of the molecule is COc1cccc(Cn2c(C)c(C)c3nccc(-c4ccc(F)cc4)c32)c1.Cl. The summed E-state index contributed by atoms with van der Waals surface area (Å²) < 4.78 is 21.0. The number of fused-ring (bicyclic) bond motifs is 1. The molecule has 2 heterocycles. The standard InChI is InChI=1S/C23H21FN2O.ClH/c1-15-16(2)26(14-17-5-4-6-20(13-17)27-3)23-21(11-12-25-22(15)23)18-7-9-19(24)10-8-18;/h4-13H,14H2,1-3H3;1H. The number of aromatic nitrogens is 2. The summed E-state index contributed by atoms with van der Waals surface area (Å²) in [4.78, 5) is 4.62. The Hall–Kier alpha value is -2.85. The highest BCUT2D eigenvalue weighted by Gasteiger charge is 2.17. The van der Waals surface area contributed by atoms with E-state index in [4.69, 9.17) is 4.74 Å². The van der Waals surface area contributed by atoms with Gasteiger partial charge in [-0.15, -0.1) is 12.4 Å². The Morgan fingerprint density at radius 1 is 1.04 bits per heavy atom. The molecule has 0 bridgehead atoms. The molecule has 3 nitrogen and oxygen atoms in total. The second-order valence-corrected chi connectivity index (χ2v) is 6.71. The molecular weight excluding hydrogens is 375 g/mol. The van der Waals surface area contributed by atoms with Gasteiger partial charge in [-0.25, -0.2) is 4.39 Å². The predicted octanol–water partition coefficient (Wildman–Crippen LogP) is 5.94. The van der Waals surface area contributed by atoms with Gasteiger partial charge < -0.3 is 9.30 Å². The van der Waals surface area contributed by atoms with E-state index in [1.54, 1.807) is 7.11 Å². The molecule has 0 fully saturated rings. The Bertz CT molecular complexity index is 1120. The number of hydrogen-bond acceptors (Lipinski definition) is 2. The third-order valence-corrected chi connectivity index (χ3v) is 5.13. The first kappa shape index (κ1) is 19.9. The largest absolute Gasteiger partial charge is 0.497 e. The zero-order valence-electron chi connectivity index (χ0n) is 16.1. The van der Waals surface area contributed by atoms with Crippen molar-refractivity contribution in [3.05, 3.63) is 83.4 Å². The van der Waals surface area contributed by atoms with E-state index in [0.717, 1.165) is 39.0 Å². The van der Waals surface area contributed by atoms with Crippen molar-refractivity contribution in [3.8, 4) is 16.9 Å². The molecule has 0 aliphatic heterocycles. The van der Waals surface area contributed by atoms with Crippen LogP contribution in [0.5, 0.6) is 5.75 Å². The van der Waals surface area contributed by atoms with Crippen LogP contribution in [0.15, 0.2) is 60.8 Å². The molecule has 2 aromatic carbocycles. The topological polar surface area (TPSA) is 27.1 Å². The molecule has 5 heteroatoms. The quantitative estimate of drug-likeness (QED) is 0.427. The van der Waals surface area contributed by atoms with Crippen LogP contribution in [0.25, 0.3) is 22.2 Å². The molecule has 4 rings (SSSR count). The number of methoxy groups -OCH3 is 1. The van der Waals surface area contributed by atoms with E-state index in [9.17, 15) is 4.39 Å². The molecule has 0 atom stereocenters. The third-order valence-electron chi connectivity index (χ3n) is 5.13. The van der Waals surface area contributed by atoms with Crippen LogP contribution < -0.4 is 4.74 Å². The van der Waals surface area contributed by atoms with E-state index < -0.39 is 0 Å². The van der Waals surface area contributed by atoms with Crippen molar-refractivity contribution in [1.29, 1.82) is 0 Å². The van der Waals surface area contributed by atoms with Crippen LogP contribution in [-0.4, -0.2) is 16.7 Å².